The lowest BCUT2D eigenvalue weighted by atomic mass is 9.90. The number of rotatable bonds is 6. The molecule has 0 bridgehead atoms. The first-order valence-corrected chi connectivity index (χ1v) is 10.9. The third-order valence-electron chi connectivity index (χ3n) is 5.55. The summed E-state index contributed by atoms with van der Waals surface area (Å²) in [5.41, 5.74) is 3.14. The summed E-state index contributed by atoms with van der Waals surface area (Å²) in [6.45, 7) is 8.11. The molecule has 5 heteroatoms. The van der Waals surface area contributed by atoms with Crippen LogP contribution in [0.4, 0.5) is 5.69 Å². The number of nitrogens with one attached hydrogen (secondary N) is 1. The van der Waals surface area contributed by atoms with E-state index < -0.39 is 12.1 Å². The van der Waals surface area contributed by atoms with E-state index in [-0.39, 0.29) is 5.91 Å². The van der Waals surface area contributed by atoms with Gasteiger partial charge in [0.2, 0.25) is 0 Å². The van der Waals surface area contributed by atoms with Gasteiger partial charge in [0.1, 0.15) is 4.88 Å². The Balaban J connectivity index is 1.64. The van der Waals surface area contributed by atoms with Crippen molar-refractivity contribution in [2.75, 3.05) is 5.32 Å². The lowest BCUT2D eigenvalue weighted by Gasteiger charge is -2.18. The summed E-state index contributed by atoms with van der Waals surface area (Å²) in [5.74, 6) is 0.277. The molecule has 0 saturated heterocycles. The van der Waals surface area contributed by atoms with Crippen molar-refractivity contribution in [3.63, 3.8) is 0 Å². The first-order chi connectivity index (χ1) is 13.4. The second-order valence-corrected chi connectivity index (χ2v) is 8.98. The Hall–Kier alpha value is -2.14. The number of thiophene rings is 1. The summed E-state index contributed by atoms with van der Waals surface area (Å²) in [6.07, 6.45) is 3.34. The standard InChI is InChI=1S/C23H29NO3S/c1-5-15(3)18-8-6-7-9-19(18)24-22(25)16(4)27-23(26)21-13-17-12-14(2)10-11-20(17)28-21/h6-9,13-16H,5,10-12H2,1-4H3,(H,24,25)/t14-,15-,16-/m0/s1. The highest BCUT2D eigenvalue weighted by Crippen LogP contribution is 2.32. The number of anilines is 1. The van der Waals surface area contributed by atoms with Crippen LogP contribution in [0.25, 0.3) is 0 Å². The van der Waals surface area contributed by atoms with Crippen molar-refractivity contribution in [2.24, 2.45) is 5.92 Å². The van der Waals surface area contributed by atoms with Crippen molar-refractivity contribution in [3.8, 4) is 0 Å². The van der Waals surface area contributed by atoms with E-state index in [0.29, 0.717) is 16.7 Å². The van der Waals surface area contributed by atoms with Crippen LogP contribution in [0.3, 0.4) is 0 Å². The summed E-state index contributed by atoms with van der Waals surface area (Å²) in [6, 6.07) is 9.73. The highest BCUT2D eigenvalue weighted by atomic mass is 32.1. The molecule has 1 aliphatic rings. The van der Waals surface area contributed by atoms with Crippen LogP contribution in [-0.2, 0) is 22.4 Å². The van der Waals surface area contributed by atoms with E-state index in [4.69, 9.17) is 4.74 Å². The highest BCUT2D eigenvalue weighted by molar-refractivity contribution is 7.14. The number of carbonyl (C=O) groups is 2. The van der Waals surface area contributed by atoms with E-state index in [1.807, 2.05) is 30.3 Å². The molecule has 1 N–H and O–H groups in total. The maximum atomic E-state index is 12.6. The van der Waals surface area contributed by atoms with Crippen LogP contribution in [0, 0.1) is 5.92 Å². The molecular formula is C23H29NO3S. The van der Waals surface area contributed by atoms with E-state index in [2.05, 4.69) is 26.1 Å². The molecule has 0 radical (unpaired) electrons. The van der Waals surface area contributed by atoms with Crippen molar-refractivity contribution in [1.82, 2.24) is 0 Å². The Morgan fingerprint density at radius 3 is 2.79 bits per heavy atom. The Morgan fingerprint density at radius 1 is 1.29 bits per heavy atom. The SMILES string of the molecule is CC[C@H](C)c1ccccc1NC(=O)[C@H](C)OC(=O)c1cc2c(s1)CC[C@H](C)C2. The van der Waals surface area contributed by atoms with Crippen LogP contribution < -0.4 is 5.32 Å². The van der Waals surface area contributed by atoms with E-state index in [1.54, 1.807) is 6.92 Å². The highest BCUT2D eigenvalue weighted by Gasteiger charge is 2.24. The van der Waals surface area contributed by atoms with Crippen molar-refractivity contribution in [3.05, 3.63) is 51.2 Å². The average Bonchev–Trinajstić information content (AvgIpc) is 3.11. The van der Waals surface area contributed by atoms with E-state index in [1.165, 1.54) is 21.8 Å². The van der Waals surface area contributed by atoms with Gasteiger partial charge in [0, 0.05) is 10.6 Å². The third-order valence-corrected chi connectivity index (χ3v) is 6.76. The molecule has 4 nitrogen and oxygen atoms in total. The maximum absolute atomic E-state index is 12.6. The zero-order chi connectivity index (χ0) is 20.3. The molecule has 0 unspecified atom stereocenters. The summed E-state index contributed by atoms with van der Waals surface area (Å²) in [7, 11) is 0. The predicted octanol–water partition coefficient (Wildman–Crippen LogP) is 5.57. The minimum Gasteiger partial charge on any atom is -0.448 e. The molecule has 28 heavy (non-hydrogen) atoms. The molecule has 0 spiro atoms. The van der Waals surface area contributed by atoms with Gasteiger partial charge in [-0.2, -0.15) is 0 Å². The molecule has 0 aliphatic heterocycles. The molecule has 1 heterocycles. The normalized spacial score (nSPS) is 18.1. The molecule has 0 saturated carbocycles. The second kappa shape index (κ2) is 8.91. The van der Waals surface area contributed by atoms with Gasteiger partial charge in [-0.25, -0.2) is 4.79 Å². The first-order valence-electron chi connectivity index (χ1n) is 10.1. The fraction of sp³-hybridized carbons (Fsp3) is 0.478. The average molecular weight is 400 g/mol. The Bertz CT molecular complexity index is 857. The van der Waals surface area contributed by atoms with Crippen LogP contribution >= 0.6 is 11.3 Å². The quantitative estimate of drug-likeness (QED) is 0.646. The molecule has 3 atom stereocenters. The van der Waals surface area contributed by atoms with Gasteiger partial charge < -0.3 is 10.1 Å². The largest absolute Gasteiger partial charge is 0.448 e. The minimum atomic E-state index is -0.851. The monoisotopic (exact) mass is 399 g/mol. The van der Waals surface area contributed by atoms with Crippen LogP contribution in [0.15, 0.2) is 30.3 Å². The fourth-order valence-electron chi connectivity index (χ4n) is 3.57. The zero-order valence-electron chi connectivity index (χ0n) is 17.1. The molecule has 1 aromatic carbocycles. The Morgan fingerprint density at radius 2 is 2.04 bits per heavy atom. The molecule has 1 aliphatic carbocycles. The van der Waals surface area contributed by atoms with Crippen molar-refractivity contribution in [2.45, 2.75) is 65.4 Å². The number of carbonyl (C=O) groups excluding carboxylic acids is 2. The first kappa shape index (κ1) is 20.6. The van der Waals surface area contributed by atoms with E-state index in [0.717, 1.165) is 36.9 Å². The number of hydrogen-bond acceptors (Lipinski definition) is 4. The molecule has 2 aromatic rings. The van der Waals surface area contributed by atoms with E-state index in [9.17, 15) is 9.59 Å². The number of amides is 1. The van der Waals surface area contributed by atoms with Gasteiger partial charge in [0.15, 0.2) is 6.10 Å². The van der Waals surface area contributed by atoms with Gasteiger partial charge in [0.05, 0.1) is 0 Å². The summed E-state index contributed by atoms with van der Waals surface area (Å²) < 4.78 is 5.46. The third kappa shape index (κ3) is 4.64. The van der Waals surface area contributed by atoms with Gasteiger partial charge in [-0.1, -0.05) is 39.0 Å². The number of para-hydroxylation sites is 1. The maximum Gasteiger partial charge on any atom is 0.349 e. The van der Waals surface area contributed by atoms with Crippen LogP contribution in [0.1, 0.15) is 72.1 Å². The van der Waals surface area contributed by atoms with Crippen LogP contribution in [0.2, 0.25) is 0 Å². The molecule has 1 aromatic heterocycles. The van der Waals surface area contributed by atoms with Crippen LogP contribution in [0.5, 0.6) is 0 Å². The molecule has 1 amide bonds. The lowest BCUT2D eigenvalue weighted by Crippen LogP contribution is -2.30. The number of hydrogen-bond donors (Lipinski definition) is 1. The van der Waals surface area contributed by atoms with Crippen molar-refractivity contribution in [1.29, 1.82) is 0 Å². The van der Waals surface area contributed by atoms with Gasteiger partial charge >= 0.3 is 5.97 Å². The van der Waals surface area contributed by atoms with Gasteiger partial charge in [0.25, 0.3) is 5.91 Å². The van der Waals surface area contributed by atoms with Gasteiger partial charge in [-0.15, -0.1) is 11.3 Å². The smallest absolute Gasteiger partial charge is 0.349 e. The molecule has 150 valence electrons. The number of benzene rings is 1. The number of aryl methyl sites for hydroxylation is 1. The Labute approximate surface area is 171 Å². The predicted molar refractivity (Wildman–Crippen MR) is 114 cm³/mol. The summed E-state index contributed by atoms with van der Waals surface area (Å²) >= 11 is 1.51. The number of fused-ring (bicyclic) bond motifs is 1. The van der Waals surface area contributed by atoms with Gasteiger partial charge in [-0.05, 0) is 67.7 Å². The zero-order valence-corrected chi connectivity index (χ0v) is 17.9. The number of ether oxygens (including phenoxy) is 1. The molecule has 0 fully saturated rings. The van der Waals surface area contributed by atoms with Crippen LogP contribution in [-0.4, -0.2) is 18.0 Å². The topological polar surface area (TPSA) is 55.4 Å². The van der Waals surface area contributed by atoms with Crippen molar-refractivity contribution < 1.29 is 14.3 Å². The lowest BCUT2D eigenvalue weighted by molar-refractivity contribution is -0.123. The second-order valence-electron chi connectivity index (χ2n) is 7.84. The van der Waals surface area contributed by atoms with Crippen molar-refractivity contribution >= 4 is 28.9 Å². The Kier molecular flexibility index (Phi) is 6.55. The molecular weight excluding hydrogens is 370 g/mol. The summed E-state index contributed by atoms with van der Waals surface area (Å²) in [4.78, 5) is 27.0. The molecule has 3 rings (SSSR count). The number of esters is 1. The minimum absolute atomic E-state index is 0.306. The fourth-order valence-corrected chi connectivity index (χ4v) is 4.66. The van der Waals surface area contributed by atoms with Gasteiger partial charge in [-0.3, -0.25) is 4.79 Å². The summed E-state index contributed by atoms with van der Waals surface area (Å²) in [5, 5.41) is 2.92. The van der Waals surface area contributed by atoms with E-state index >= 15 is 0 Å².